The van der Waals surface area contributed by atoms with E-state index in [1.807, 2.05) is 24.3 Å². The summed E-state index contributed by atoms with van der Waals surface area (Å²) in [7, 11) is 1.29. The fourth-order valence-electron chi connectivity index (χ4n) is 1.81. The van der Waals surface area contributed by atoms with E-state index in [1.54, 1.807) is 0 Å². The van der Waals surface area contributed by atoms with Gasteiger partial charge in [-0.1, -0.05) is 18.2 Å². The Hall–Kier alpha value is -2.04. The number of anilines is 1. The zero-order chi connectivity index (χ0) is 12.3. The van der Waals surface area contributed by atoms with Crippen molar-refractivity contribution in [3.63, 3.8) is 0 Å². The van der Waals surface area contributed by atoms with Crippen molar-refractivity contribution < 1.29 is 14.3 Å². The summed E-state index contributed by atoms with van der Waals surface area (Å²) >= 11 is 0. The number of fused-ring (bicyclic) bond motifs is 1. The first kappa shape index (κ1) is 11.4. The number of amides is 1. The van der Waals surface area contributed by atoms with E-state index in [0.717, 1.165) is 11.3 Å². The summed E-state index contributed by atoms with van der Waals surface area (Å²) in [5, 5.41) is 5.65. The van der Waals surface area contributed by atoms with Crippen molar-refractivity contribution in [2.75, 3.05) is 19.0 Å². The molecule has 0 unspecified atom stereocenters. The largest absolute Gasteiger partial charge is 0.468 e. The van der Waals surface area contributed by atoms with Crippen LogP contribution in [0.2, 0.25) is 0 Å². The van der Waals surface area contributed by atoms with Gasteiger partial charge in [0, 0.05) is 12.1 Å². The average Bonchev–Trinajstić information content (AvgIpc) is 2.79. The lowest BCUT2D eigenvalue weighted by molar-refractivity contribution is -0.141. The van der Waals surface area contributed by atoms with E-state index in [1.165, 1.54) is 7.11 Å². The van der Waals surface area contributed by atoms with Crippen LogP contribution in [0.15, 0.2) is 24.3 Å². The molecule has 1 heterocycles. The molecule has 5 nitrogen and oxygen atoms in total. The normalized spacial score (nSPS) is 16.9. The van der Waals surface area contributed by atoms with Gasteiger partial charge in [-0.05, 0) is 11.6 Å². The van der Waals surface area contributed by atoms with Crippen molar-refractivity contribution in [1.29, 1.82) is 0 Å². The van der Waals surface area contributed by atoms with E-state index >= 15 is 0 Å². The van der Waals surface area contributed by atoms with Gasteiger partial charge in [-0.3, -0.25) is 9.59 Å². The van der Waals surface area contributed by atoms with Crippen molar-refractivity contribution in [3.8, 4) is 0 Å². The van der Waals surface area contributed by atoms with Gasteiger partial charge in [0.05, 0.1) is 7.11 Å². The molecule has 17 heavy (non-hydrogen) atoms. The third-order valence-electron chi connectivity index (χ3n) is 2.72. The molecule has 1 aliphatic rings. The van der Waals surface area contributed by atoms with Crippen LogP contribution in [-0.2, 0) is 20.7 Å². The number of rotatable bonds is 3. The maximum Gasteiger partial charge on any atom is 0.325 e. The Morgan fingerprint density at radius 1 is 1.47 bits per heavy atom. The molecule has 0 bridgehead atoms. The summed E-state index contributed by atoms with van der Waals surface area (Å²) in [5.41, 5.74) is 2.09. The number of hydrogen-bond acceptors (Lipinski definition) is 4. The average molecular weight is 234 g/mol. The van der Waals surface area contributed by atoms with Crippen molar-refractivity contribution in [2.24, 2.45) is 0 Å². The van der Waals surface area contributed by atoms with Gasteiger partial charge in [-0.2, -0.15) is 0 Å². The summed E-state index contributed by atoms with van der Waals surface area (Å²) < 4.78 is 4.45. The molecule has 1 atom stereocenters. The molecule has 0 saturated carbocycles. The molecule has 2 rings (SSSR count). The summed E-state index contributed by atoms with van der Waals surface area (Å²) in [6.07, 6.45) is 0.642. The molecule has 90 valence electrons. The van der Waals surface area contributed by atoms with Crippen molar-refractivity contribution in [2.45, 2.75) is 12.5 Å². The molecule has 5 heteroatoms. The monoisotopic (exact) mass is 234 g/mol. The third kappa shape index (κ3) is 2.55. The number of para-hydroxylation sites is 1. The highest BCUT2D eigenvalue weighted by molar-refractivity contribution is 5.89. The minimum atomic E-state index is -0.450. The van der Waals surface area contributed by atoms with Gasteiger partial charge in [0.2, 0.25) is 5.91 Å². The predicted molar refractivity (Wildman–Crippen MR) is 62.6 cm³/mol. The second kappa shape index (κ2) is 4.86. The van der Waals surface area contributed by atoms with Gasteiger partial charge >= 0.3 is 5.97 Å². The quantitative estimate of drug-likeness (QED) is 0.739. The second-order valence-electron chi connectivity index (χ2n) is 3.85. The minimum absolute atomic E-state index is 0.0934. The van der Waals surface area contributed by atoms with E-state index in [0.29, 0.717) is 6.42 Å². The van der Waals surface area contributed by atoms with Crippen molar-refractivity contribution in [3.05, 3.63) is 29.8 Å². The number of benzene rings is 1. The number of carbonyl (C=O) groups excluding carboxylic acids is 2. The van der Waals surface area contributed by atoms with Crippen LogP contribution in [-0.4, -0.2) is 31.6 Å². The molecule has 1 aromatic carbocycles. The standard InChI is InChI=1S/C12H14N2O3/c1-17-11(15)7-13-12(16)10-6-8-4-2-3-5-9(8)14-10/h2-5,10,14H,6-7H2,1H3,(H,13,16)/t10-/m0/s1. The molecule has 0 saturated heterocycles. The first-order chi connectivity index (χ1) is 8.20. The van der Waals surface area contributed by atoms with Gasteiger partial charge in [0.25, 0.3) is 0 Å². The third-order valence-corrected chi connectivity index (χ3v) is 2.72. The van der Waals surface area contributed by atoms with E-state index in [9.17, 15) is 9.59 Å². The number of nitrogens with one attached hydrogen (secondary N) is 2. The van der Waals surface area contributed by atoms with Gasteiger partial charge in [-0.25, -0.2) is 0 Å². The van der Waals surface area contributed by atoms with Crippen LogP contribution in [0.1, 0.15) is 5.56 Å². The Balaban J connectivity index is 1.90. The predicted octanol–water partition coefficient (Wildman–Crippen LogP) is 0.312. The molecular weight excluding hydrogens is 220 g/mol. The topological polar surface area (TPSA) is 67.4 Å². The van der Waals surface area contributed by atoms with E-state index in [-0.39, 0.29) is 18.5 Å². The van der Waals surface area contributed by atoms with Crippen LogP contribution in [0.25, 0.3) is 0 Å². The van der Waals surface area contributed by atoms with Gasteiger partial charge in [-0.15, -0.1) is 0 Å². The smallest absolute Gasteiger partial charge is 0.325 e. The Kier molecular flexibility index (Phi) is 3.27. The fourth-order valence-corrected chi connectivity index (χ4v) is 1.81. The second-order valence-corrected chi connectivity index (χ2v) is 3.85. The Morgan fingerprint density at radius 2 is 2.24 bits per heavy atom. The first-order valence-electron chi connectivity index (χ1n) is 5.39. The van der Waals surface area contributed by atoms with Gasteiger partial charge in [0.15, 0.2) is 0 Å². The lowest BCUT2D eigenvalue weighted by Crippen LogP contribution is -2.41. The molecule has 1 amide bonds. The first-order valence-corrected chi connectivity index (χ1v) is 5.39. The molecule has 0 radical (unpaired) electrons. The molecule has 0 aromatic heterocycles. The molecule has 0 fully saturated rings. The maximum atomic E-state index is 11.8. The van der Waals surface area contributed by atoms with Crippen molar-refractivity contribution in [1.82, 2.24) is 5.32 Å². The van der Waals surface area contributed by atoms with Crippen LogP contribution in [0, 0.1) is 0 Å². The lowest BCUT2D eigenvalue weighted by atomic mass is 10.1. The lowest BCUT2D eigenvalue weighted by Gasteiger charge is -2.10. The summed E-state index contributed by atoms with van der Waals surface area (Å²) in [5.74, 6) is -0.638. The zero-order valence-electron chi connectivity index (χ0n) is 9.53. The number of ether oxygens (including phenoxy) is 1. The Bertz CT molecular complexity index is 420. The molecule has 1 aromatic rings. The van der Waals surface area contributed by atoms with Crippen LogP contribution < -0.4 is 10.6 Å². The summed E-state index contributed by atoms with van der Waals surface area (Å²) in [6.45, 7) is -0.0934. The van der Waals surface area contributed by atoms with Crippen LogP contribution in [0.4, 0.5) is 5.69 Å². The Labute approximate surface area is 99.2 Å². The van der Waals surface area contributed by atoms with Gasteiger partial charge in [0.1, 0.15) is 12.6 Å². The fraction of sp³-hybridized carbons (Fsp3) is 0.333. The number of carbonyl (C=O) groups is 2. The highest BCUT2D eigenvalue weighted by atomic mass is 16.5. The summed E-state index contributed by atoms with van der Waals surface area (Å²) in [6, 6.07) is 7.46. The molecule has 0 aliphatic carbocycles. The van der Waals surface area contributed by atoms with Crippen LogP contribution >= 0.6 is 0 Å². The minimum Gasteiger partial charge on any atom is -0.468 e. The van der Waals surface area contributed by atoms with Crippen LogP contribution in [0.3, 0.4) is 0 Å². The Morgan fingerprint density at radius 3 is 2.94 bits per heavy atom. The number of hydrogen-bond donors (Lipinski definition) is 2. The molecular formula is C12H14N2O3. The maximum absolute atomic E-state index is 11.8. The van der Waals surface area contributed by atoms with Gasteiger partial charge < -0.3 is 15.4 Å². The van der Waals surface area contributed by atoms with Crippen LogP contribution in [0.5, 0.6) is 0 Å². The van der Waals surface area contributed by atoms with E-state index < -0.39 is 5.97 Å². The highest BCUT2D eigenvalue weighted by Crippen LogP contribution is 2.24. The number of methoxy groups -OCH3 is 1. The SMILES string of the molecule is COC(=O)CNC(=O)[C@@H]1Cc2ccccc2N1. The highest BCUT2D eigenvalue weighted by Gasteiger charge is 2.26. The van der Waals surface area contributed by atoms with Crippen molar-refractivity contribution >= 4 is 17.6 Å². The molecule has 2 N–H and O–H groups in total. The van der Waals surface area contributed by atoms with E-state index in [4.69, 9.17) is 0 Å². The molecule has 0 spiro atoms. The molecule has 1 aliphatic heterocycles. The zero-order valence-corrected chi connectivity index (χ0v) is 9.53. The van der Waals surface area contributed by atoms with E-state index in [2.05, 4.69) is 15.4 Å². The number of esters is 1. The summed E-state index contributed by atoms with van der Waals surface area (Å²) in [4.78, 5) is 22.6.